The number of hydrogen-bond acceptors (Lipinski definition) is 6. The van der Waals surface area contributed by atoms with Gasteiger partial charge in [-0.05, 0) is 37.8 Å². The number of rotatable bonds is 6. The second-order valence-corrected chi connectivity index (χ2v) is 10.1. The van der Waals surface area contributed by atoms with Crippen LogP contribution in [0.3, 0.4) is 0 Å². The van der Waals surface area contributed by atoms with E-state index >= 15 is 0 Å². The maximum atomic E-state index is 12.5. The SMILES string of the molecule is Cc1nn(-c2ccccc2[NH+]([O-])O)c(C)c1C1C=CC(NS(=O)(=O)c2cccs2)C1. The first-order valence-corrected chi connectivity index (χ1v) is 11.8. The standard InChI is InChI=1S/C20H22N4O4S2/c1-13-20(14(2)23(21-13)17-6-3-4-7-18(17)24(25)26)15-9-10-16(12-15)22-30(27,28)19-8-5-11-29-19/h3-11,15-16,22,24-25H,12H2,1-2H3. The fraction of sp³-hybridized carbons (Fsp3) is 0.250. The summed E-state index contributed by atoms with van der Waals surface area (Å²) in [6.45, 7) is 3.80. The van der Waals surface area contributed by atoms with Crippen LogP contribution >= 0.6 is 11.3 Å². The molecule has 1 aromatic carbocycles. The van der Waals surface area contributed by atoms with Gasteiger partial charge in [0, 0.05) is 29.3 Å². The summed E-state index contributed by atoms with van der Waals surface area (Å²) in [5, 5.41) is 26.4. The number of aryl methyl sites for hydroxylation is 1. The number of benzene rings is 1. The normalized spacial score (nSPS) is 20.0. The van der Waals surface area contributed by atoms with Gasteiger partial charge >= 0.3 is 0 Å². The molecular formula is C20H22N4O4S2. The van der Waals surface area contributed by atoms with Crippen LogP contribution in [0, 0.1) is 19.1 Å². The molecule has 0 bridgehead atoms. The van der Waals surface area contributed by atoms with E-state index < -0.39 is 15.2 Å². The molecule has 3 aromatic rings. The largest absolute Gasteiger partial charge is 0.595 e. The molecule has 30 heavy (non-hydrogen) atoms. The highest BCUT2D eigenvalue weighted by Crippen LogP contribution is 2.35. The first-order chi connectivity index (χ1) is 14.3. The van der Waals surface area contributed by atoms with Gasteiger partial charge in [0.2, 0.25) is 0 Å². The van der Waals surface area contributed by atoms with Gasteiger partial charge in [-0.1, -0.05) is 30.4 Å². The summed E-state index contributed by atoms with van der Waals surface area (Å²) >= 11 is 1.18. The second-order valence-electron chi connectivity index (χ2n) is 7.21. The molecule has 4 rings (SSSR count). The van der Waals surface area contributed by atoms with Gasteiger partial charge in [-0.3, -0.25) is 0 Å². The molecule has 158 valence electrons. The maximum Gasteiger partial charge on any atom is 0.250 e. The zero-order chi connectivity index (χ0) is 21.5. The number of allylic oxidation sites excluding steroid dienone is 1. The van der Waals surface area contributed by atoms with E-state index in [0.717, 1.165) is 17.0 Å². The van der Waals surface area contributed by atoms with Crippen LogP contribution < -0.4 is 9.95 Å². The number of nitrogens with zero attached hydrogens (tertiary/aromatic N) is 2. The second kappa shape index (κ2) is 8.06. The van der Waals surface area contributed by atoms with E-state index in [4.69, 9.17) is 0 Å². The van der Waals surface area contributed by atoms with Crippen LogP contribution in [0.1, 0.15) is 29.3 Å². The Morgan fingerprint density at radius 2 is 2.00 bits per heavy atom. The lowest BCUT2D eigenvalue weighted by molar-refractivity contribution is -0.991. The lowest BCUT2D eigenvalue weighted by atomic mass is 9.96. The minimum atomic E-state index is -3.55. The molecule has 0 saturated heterocycles. The molecule has 1 aliphatic carbocycles. The van der Waals surface area contributed by atoms with E-state index in [1.54, 1.807) is 46.5 Å². The van der Waals surface area contributed by atoms with E-state index in [-0.39, 0.29) is 17.6 Å². The van der Waals surface area contributed by atoms with Crippen LogP contribution in [-0.2, 0) is 10.0 Å². The van der Waals surface area contributed by atoms with Gasteiger partial charge in [0.05, 0.1) is 5.69 Å². The van der Waals surface area contributed by atoms with Crippen molar-refractivity contribution in [2.24, 2.45) is 0 Å². The van der Waals surface area contributed by atoms with Gasteiger partial charge < -0.3 is 5.21 Å². The molecule has 10 heteroatoms. The lowest BCUT2D eigenvalue weighted by Gasteiger charge is -2.17. The summed E-state index contributed by atoms with van der Waals surface area (Å²) < 4.78 is 29.7. The van der Waals surface area contributed by atoms with E-state index in [9.17, 15) is 18.8 Å². The summed E-state index contributed by atoms with van der Waals surface area (Å²) in [7, 11) is -3.55. The van der Waals surface area contributed by atoms with Gasteiger partial charge in [0.25, 0.3) is 10.0 Å². The molecular weight excluding hydrogens is 424 g/mol. The Morgan fingerprint density at radius 1 is 1.23 bits per heavy atom. The molecule has 0 aliphatic heterocycles. The van der Waals surface area contributed by atoms with E-state index in [1.807, 2.05) is 26.0 Å². The molecule has 1 aliphatic rings. The van der Waals surface area contributed by atoms with Gasteiger partial charge in [-0.25, -0.2) is 23.0 Å². The highest BCUT2D eigenvalue weighted by molar-refractivity contribution is 7.91. The average Bonchev–Trinajstić information content (AvgIpc) is 3.43. The zero-order valence-electron chi connectivity index (χ0n) is 16.4. The topological polar surface area (TPSA) is 112 Å². The van der Waals surface area contributed by atoms with Crippen LogP contribution in [0.2, 0.25) is 0 Å². The number of thiophene rings is 1. The summed E-state index contributed by atoms with van der Waals surface area (Å²) in [5.74, 6) is -0.00761. The Bertz CT molecular complexity index is 1180. The molecule has 3 atom stereocenters. The van der Waals surface area contributed by atoms with Crippen LogP contribution in [0.25, 0.3) is 5.69 Å². The Kier molecular flexibility index (Phi) is 5.62. The van der Waals surface area contributed by atoms with Crippen LogP contribution in [0.5, 0.6) is 0 Å². The van der Waals surface area contributed by atoms with Crippen molar-refractivity contribution in [3.8, 4) is 5.69 Å². The third kappa shape index (κ3) is 3.85. The summed E-state index contributed by atoms with van der Waals surface area (Å²) in [6, 6.07) is 9.74. The van der Waals surface area contributed by atoms with E-state index in [2.05, 4.69) is 9.82 Å². The molecule has 0 spiro atoms. The van der Waals surface area contributed by atoms with Crippen molar-refractivity contribution in [1.82, 2.24) is 14.5 Å². The van der Waals surface area contributed by atoms with Crippen molar-refractivity contribution in [1.29, 1.82) is 0 Å². The van der Waals surface area contributed by atoms with Crippen LogP contribution in [0.4, 0.5) is 5.69 Å². The van der Waals surface area contributed by atoms with E-state index in [0.29, 0.717) is 16.3 Å². The number of para-hydroxylation sites is 2. The quantitative estimate of drug-likeness (QED) is 0.398. The van der Waals surface area contributed by atoms with Crippen molar-refractivity contribution in [3.05, 3.63) is 76.1 Å². The lowest BCUT2D eigenvalue weighted by Crippen LogP contribution is -2.99. The molecule has 3 unspecified atom stereocenters. The highest BCUT2D eigenvalue weighted by Gasteiger charge is 2.29. The number of sulfonamides is 1. The Hall–Kier alpha value is -2.34. The van der Waals surface area contributed by atoms with E-state index in [1.165, 1.54) is 11.3 Å². The predicted molar refractivity (Wildman–Crippen MR) is 114 cm³/mol. The number of aromatic nitrogens is 2. The molecule has 2 heterocycles. The first kappa shape index (κ1) is 20.9. The van der Waals surface area contributed by atoms with Gasteiger partial charge in [0.1, 0.15) is 9.90 Å². The summed E-state index contributed by atoms with van der Waals surface area (Å²) in [6.07, 6.45) is 4.45. The Morgan fingerprint density at radius 3 is 2.70 bits per heavy atom. The summed E-state index contributed by atoms with van der Waals surface area (Å²) in [4.78, 5) is 0. The van der Waals surface area contributed by atoms with Crippen molar-refractivity contribution < 1.29 is 18.9 Å². The smallest absolute Gasteiger partial charge is 0.250 e. The fourth-order valence-electron chi connectivity index (χ4n) is 3.94. The molecule has 0 fully saturated rings. The molecule has 8 nitrogen and oxygen atoms in total. The maximum absolute atomic E-state index is 12.5. The number of nitrogens with one attached hydrogen (secondary N) is 2. The molecule has 0 saturated carbocycles. The van der Waals surface area contributed by atoms with Crippen molar-refractivity contribution in [2.75, 3.05) is 0 Å². The number of quaternary nitrogens is 1. The van der Waals surface area contributed by atoms with Crippen LogP contribution in [-0.4, -0.2) is 29.4 Å². The predicted octanol–water partition coefficient (Wildman–Crippen LogP) is 2.34. The third-order valence-corrected chi connectivity index (χ3v) is 8.12. The molecule has 3 N–H and O–H groups in total. The highest BCUT2D eigenvalue weighted by atomic mass is 32.2. The Labute approximate surface area is 178 Å². The Balaban J connectivity index is 1.59. The van der Waals surface area contributed by atoms with Crippen LogP contribution in [0.15, 0.2) is 58.1 Å². The van der Waals surface area contributed by atoms with Crippen molar-refractivity contribution in [3.63, 3.8) is 0 Å². The molecule has 0 radical (unpaired) electrons. The average molecular weight is 447 g/mol. The van der Waals surface area contributed by atoms with Gasteiger partial charge in [-0.2, -0.15) is 10.3 Å². The zero-order valence-corrected chi connectivity index (χ0v) is 18.1. The first-order valence-electron chi connectivity index (χ1n) is 9.41. The molecule has 2 aromatic heterocycles. The third-order valence-electron chi connectivity index (χ3n) is 5.23. The number of hydrogen-bond donors (Lipinski definition) is 3. The minimum Gasteiger partial charge on any atom is -0.595 e. The minimum absolute atomic E-state index is 0.00761. The summed E-state index contributed by atoms with van der Waals surface area (Å²) in [5.41, 5.74) is 3.32. The van der Waals surface area contributed by atoms with Gasteiger partial charge in [-0.15, -0.1) is 11.3 Å². The van der Waals surface area contributed by atoms with Crippen molar-refractivity contribution >= 4 is 27.0 Å². The van der Waals surface area contributed by atoms with Crippen molar-refractivity contribution in [2.45, 2.75) is 36.4 Å². The molecule has 0 amide bonds. The fourth-order valence-corrected chi connectivity index (χ4v) is 6.15. The monoisotopic (exact) mass is 446 g/mol. The van der Waals surface area contributed by atoms with Gasteiger partial charge in [0.15, 0.2) is 5.69 Å².